The maximum absolute atomic E-state index is 13.0. The summed E-state index contributed by atoms with van der Waals surface area (Å²) in [6.45, 7) is -1.22. The highest BCUT2D eigenvalue weighted by Crippen LogP contribution is 2.36. The van der Waals surface area contributed by atoms with E-state index in [1.165, 1.54) is 48.5 Å². The molecule has 0 aliphatic carbocycles. The number of aliphatic carboxylic acids is 2. The van der Waals surface area contributed by atoms with E-state index in [1.807, 2.05) is 41.0 Å². The van der Waals surface area contributed by atoms with Gasteiger partial charge in [-0.1, -0.05) is 54.6 Å². The first-order valence-electron chi connectivity index (χ1n) is 16.0. The van der Waals surface area contributed by atoms with E-state index in [1.54, 1.807) is 12.1 Å². The molecule has 0 atom stereocenters. The summed E-state index contributed by atoms with van der Waals surface area (Å²) in [6, 6.07) is 23.9. The lowest BCUT2D eigenvalue weighted by molar-refractivity contribution is -0.136. The van der Waals surface area contributed by atoms with Crippen molar-refractivity contribution < 1.29 is 62.3 Å². The van der Waals surface area contributed by atoms with Crippen molar-refractivity contribution in [3.8, 4) is 23.0 Å². The average molecular weight is 757 g/mol. The highest BCUT2D eigenvalue weighted by Gasteiger charge is 2.25. The van der Waals surface area contributed by atoms with Gasteiger partial charge in [0.25, 0.3) is 11.8 Å². The number of ether oxygens (including phenoxy) is 2. The lowest BCUT2D eigenvalue weighted by Crippen LogP contribution is -2.32. The summed E-state index contributed by atoms with van der Waals surface area (Å²) in [4.78, 5) is 69.5. The van der Waals surface area contributed by atoms with Crippen LogP contribution in [0.4, 0.5) is 4.39 Å². The van der Waals surface area contributed by atoms with Crippen LogP contribution in [0.2, 0.25) is 0 Å². The number of carboxylic acids is 2. The number of halogens is 1. The second-order valence-corrected chi connectivity index (χ2v) is 11.3. The van der Waals surface area contributed by atoms with E-state index >= 15 is 0 Å². The van der Waals surface area contributed by atoms with Crippen LogP contribution in [0, 0.1) is 5.82 Å². The average Bonchev–Trinajstić information content (AvgIpc) is 3.15. The predicted molar refractivity (Wildman–Crippen MR) is 190 cm³/mol. The van der Waals surface area contributed by atoms with E-state index < -0.39 is 76.5 Å². The maximum atomic E-state index is 13.0. The van der Waals surface area contributed by atoms with Crippen molar-refractivity contribution in [2.45, 2.75) is 13.2 Å². The Morgan fingerprint density at radius 1 is 0.582 bits per heavy atom. The summed E-state index contributed by atoms with van der Waals surface area (Å²) in [5.74, 6) is -6.14. The van der Waals surface area contributed by atoms with Crippen molar-refractivity contribution in [1.29, 1.82) is 0 Å². The van der Waals surface area contributed by atoms with Gasteiger partial charge in [-0.05, 0) is 47.5 Å². The van der Waals surface area contributed by atoms with Gasteiger partial charge in [-0.15, -0.1) is 0 Å². The summed E-state index contributed by atoms with van der Waals surface area (Å²) in [7, 11) is 0. The molecule has 4 aromatic carbocycles. The van der Waals surface area contributed by atoms with Gasteiger partial charge in [0, 0.05) is 0 Å². The zero-order valence-corrected chi connectivity index (χ0v) is 28.2. The SMILES string of the molecule is O=C(O)CNC(=O)c1c(O)c2c(OCc3ccc(F)cc3)cccc2oc1=O.O=C(O)CNC(=O)c1c(O)c2c(OCc3ccccc3)cccc2oc1=O. The number of carboxylic acid groups (broad SMARTS) is 2. The molecule has 0 fully saturated rings. The number of fused-ring (bicyclic) bond motifs is 2. The minimum absolute atomic E-state index is 0.0195. The third kappa shape index (κ3) is 9.41. The Morgan fingerprint density at radius 3 is 1.42 bits per heavy atom. The molecular weight excluding hydrogens is 727 g/mol. The molecule has 2 aromatic heterocycles. The number of rotatable bonds is 12. The molecule has 16 nitrogen and oxygen atoms in total. The summed E-state index contributed by atoms with van der Waals surface area (Å²) >= 11 is 0. The van der Waals surface area contributed by atoms with Gasteiger partial charge in [-0.25, -0.2) is 14.0 Å². The molecule has 6 rings (SSSR count). The van der Waals surface area contributed by atoms with Crippen molar-refractivity contribution in [3.05, 3.63) is 140 Å². The number of carbonyl (C=O) groups is 4. The standard InChI is InChI=1S/C19H14FNO7.C19H15NO7/c20-11-6-4-10(5-7-11)9-27-12-2-1-3-13-15(12)17(24)16(19(26)28-13)18(25)21-8-14(22)23;21-14(22)9-20-18(24)16-17(23)15-12(7-4-8-13(15)27-19(16)25)26-10-11-5-2-1-3-6-11/h1-7,24H,8-9H2,(H,21,25)(H,22,23);1-8,23H,9-10H2,(H,20,24)(H,21,22). The number of aromatic hydroxyl groups is 2. The van der Waals surface area contributed by atoms with Crippen molar-refractivity contribution >= 4 is 45.7 Å². The second-order valence-electron chi connectivity index (χ2n) is 11.3. The minimum Gasteiger partial charge on any atom is -0.506 e. The fourth-order valence-corrected chi connectivity index (χ4v) is 5.01. The second kappa shape index (κ2) is 17.2. The van der Waals surface area contributed by atoms with Crippen LogP contribution < -0.4 is 31.4 Å². The highest BCUT2D eigenvalue weighted by atomic mass is 19.1. The van der Waals surface area contributed by atoms with Crippen molar-refractivity contribution in [2.24, 2.45) is 0 Å². The predicted octanol–water partition coefficient (Wildman–Crippen LogP) is 3.92. The van der Waals surface area contributed by atoms with Crippen molar-refractivity contribution in [2.75, 3.05) is 13.1 Å². The third-order valence-electron chi connectivity index (χ3n) is 7.54. The van der Waals surface area contributed by atoms with E-state index in [0.717, 1.165) is 5.56 Å². The fourth-order valence-electron chi connectivity index (χ4n) is 5.01. The first-order chi connectivity index (χ1) is 26.3. The van der Waals surface area contributed by atoms with Crippen LogP contribution in [0.1, 0.15) is 31.8 Å². The number of nitrogens with one attached hydrogen (secondary N) is 2. The molecule has 2 heterocycles. The quantitative estimate of drug-likeness (QED) is 0.0969. The Morgan fingerprint density at radius 2 is 1.00 bits per heavy atom. The number of hydrogen-bond acceptors (Lipinski definition) is 12. The normalized spacial score (nSPS) is 10.6. The van der Waals surface area contributed by atoms with Crippen LogP contribution >= 0.6 is 0 Å². The molecule has 282 valence electrons. The van der Waals surface area contributed by atoms with Crippen molar-refractivity contribution in [3.63, 3.8) is 0 Å². The Hall–Kier alpha value is -7.69. The van der Waals surface area contributed by atoms with Gasteiger partial charge >= 0.3 is 23.2 Å². The Bertz CT molecular complexity index is 2510. The molecule has 0 aliphatic heterocycles. The number of hydrogen-bond donors (Lipinski definition) is 6. The van der Waals surface area contributed by atoms with E-state index in [2.05, 4.69) is 0 Å². The topological polar surface area (TPSA) is 252 Å². The number of amides is 2. The zero-order valence-electron chi connectivity index (χ0n) is 28.2. The largest absolute Gasteiger partial charge is 0.506 e. The van der Waals surface area contributed by atoms with Gasteiger partial charge in [0.1, 0.15) is 65.6 Å². The molecular formula is C38H29FN2O14. The molecule has 17 heteroatoms. The Labute approximate surface area is 307 Å². The first-order valence-corrected chi connectivity index (χ1v) is 16.0. The molecule has 55 heavy (non-hydrogen) atoms. The fraction of sp³-hybridized carbons (Fsp3) is 0.105. The molecule has 0 saturated carbocycles. The molecule has 2 amide bonds. The number of benzene rings is 4. The van der Waals surface area contributed by atoms with Crippen LogP contribution in [0.25, 0.3) is 21.9 Å². The summed E-state index contributed by atoms with van der Waals surface area (Å²) in [5, 5.41) is 42.3. The number of carbonyl (C=O) groups excluding carboxylic acids is 2. The molecule has 0 radical (unpaired) electrons. The van der Waals surface area contributed by atoms with Gasteiger partial charge in [0.15, 0.2) is 22.6 Å². The molecule has 0 bridgehead atoms. The summed E-state index contributed by atoms with van der Waals surface area (Å²) in [6.07, 6.45) is 0. The molecule has 0 unspecified atom stereocenters. The van der Waals surface area contributed by atoms with Gasteiger partial charge in [0.05, 0.1) is 0 Å². The monoisotopic (exact) mass is 756 g/mol. The molecule has 6 aromatic rings. The zero-order chi connectivity index (χ0) is 39.6. The van der Waals surface area contributed by atoms with Gasteiger partial charge in [0.2, 0.25) is 0 Å². The highest BCUT2D eigenvalue weighted by molar-refractivity contribution is 6.04. The van der Waals surface area contributed by atoms with E-state index in [-0.39, 0.29) is 46.7 Å². The van der Waals surface area contributed by atoms with Crippen LogP contribution in [0.3, 0.4) is 0 Å². The van der Waals surface area contributed by atoms with Crippen LogP contribution in [-0.2, 0) is 22.8 Å². The van der Waals surface area contributed by atoms with Gasteiger partial charge in [-0.2, -0.15) is 0 Å². The molecule has 0 spiro atoms. The smallest absolute Gasteiger partial charge is 0.353 e. The summed E-state index contributed by atoms with van der Waals surface area (Å²) < 4.78 is 34.5. The van der Waals surface area contributed by atoms with E-state index in [9.17, 15) is 43.4 Å². The first kappa shape index (κ1) is 38.5. The van der Waals surface area contributed by atoms with Gasteiger partial charge in [-0.3, -0.25) is 19.2 Å². The Balaban J connectivity index is 0.000000211. The van der Waals surface area contributed by atoms with Crippen LogP contribution in [-0.4, -0.2) is 57.3 Å². The lowest BCUT2D eigenvalue weighted by Gasteiger charge is -2.12. The van der Waals surface area contributed by atoms with Crippen LogP contribution in [0.15, 0.2) is 109 Å². The minimum atomic E-state index is -1.32. The van der Waals surface area contributed by atoms with E-state index in [4.69, 9.17) is 28.5 Å². The summed E-state index contributed by atoms with van der Waals surface area (Å²) in [5.41, 5.74) is -2.06. The van der Waals surface area contributed by atoms with Gasteiger partial charge < -0.3 is 49.4 Å². The Kier molecular flexibility index (Phi) is 12.1. The van der Waals surface area contributed by atoms with Crippen LogP contribution in [0.5, 0.6) is 23.0 Å². The van der Waals surface area contributed by atoms with Crippen molar-refractivity contribution in [1.82, 2.24) is 10.6 Å². The molecule has 6 N–H and O–H groups in total. The van der Waals surface area contributed by atoms with E-state index in [0.29, 0.717) is 5.56 Å². The third-order valence-corrected chi connectivity index (χ3v) is 7.54. The molecule has 0 aliphatic rings. The maximum Gasteiger partial charge on any atom is 0.353 e. The lowest BCUT2D eigenvalue weighted by atomic mass is 10.1. The molecule has 0 saturated heterocycles.